The quantitative estimate of drug-likeness (QED) is 0.802. The maximum atomic E-state index is 9.68. The van der Waals surface area contributed by atoms with Crippen LogP contribution >= 0.6 is 23.2 Å². The number of aliphatic hydroxyl groups is 1. The second-order valence-corrected chi connectivity index (χ2v) is 6.15. The van der Waals surface area contributed by atoms with Gasteiger partial charge in [0.05, 0.1) is 12.9 Å². The normalized spacial score (nSPS) is 16.5. The number of aliphatic hydroxyl groups excluding tert-OH is 1. The first-order valence-electron chi connectivity index (χ1n) is 6.64. The molecule has 0 bridgehead atoms. The van der Waals surface area contributed by atoms with Crippen LogP contribution in [-0.4, -0.2) is 29.1 Å². The van der Waals surface area contributed by atoms with E-state index in [2.05, 4.69) is 5.32 Å². The Labute approximate surface area is 128 Å². The lowest BCUT2D eigenvalue weighted by Gasteiger charge is -2.39. The number of rotatable bonds is 6. The molecule has 0 radical (unpaired) electrons. The Hall–Kier alpha value is -0.740. The molecular formula is C15H19Cl2NO2. The van der Waals surface area contributed by atoms with Crippen LogP contribution in [0.1, 0.15) is 19.4 Å². The van der Waals surface area contributed by atoms with Crippen LogP contribution in [0.2, 0.25) is 0 Å². The molecule has 1 heterocycles. The van der Waals surface area contributed by atoms with Crippen LogP contribution in [0.15, 0.2) is 34.9 Å². The number of halogens is 2. The van der Waals surface area contributed by atoms with Gasteiger partial charge in [0, 0.05) is 16.8 Å². The van der Waals surface area contributed by atoms with Crippen LogP contribution < -0.4 is 5.32 Å². The standard InChI is InChI=1S/C15H19Cl2NO2/c1-3-18-13(9-19)15(2,14(16)17)11-4-5-12-10(8-11)6-7-20-12/h4-8,13-14,18-19H,3,9H2,1-2H3. The predicted molar refractivity (Wildman–Crippen MR) is 83.6 cm³/mol. The Morgan fingerprint density at radius 3 is 2.70 bits per heavy atom. The van der Waals surface area contributed by atoms with Crippen molar-refractivity contribution in [1.82, 2.24) is 5.32 Å². The highest BCUT2D eigenvalue weighted by molar-refractivity contribution is 6.45. The van der Waals surface area contributed by atoms with E-state index in [1.54, 1.807) is 6.26 Å². The van der Waals surface area contributed by atoms with E-state index in [1.807, 2.05) is 38.1 Å². The van der Waals surface area contributed by atoms with E-state index in [9.17, 15) is 5.11 Å². The molecule has 2 N–H and O–H groups in total. The maximum Gasteiger partial charge on any atom is 0.133 e. The summed E-state index contributed by atoms with van der Waals surface area (Å²) in [5.41, 5.74) is 1.20. The fourth-order valence-corrected chi connectivity index (χ4v) is 3.05. The summed E-state index contributed by atoms with van der Waals surface area (Å²) in [5.74, 6) is 0. The molecule has 2 atom stereocenters. The average molecular weight is 316 g/mol. The van der Waals surface area contributed by atoms with Crippen molar-refractivity contribution in [3.63, 3.8) is 0 Å². The second-order valence-electron chi connectivity index (χ2n) is 5.05. The van der Waals surface area contributed by atoms with Gasteiger partial charge < -0.3 is 14.8 Å². The smallest absolute Gasteiger partial charge is 0.133 e. The first-order chi connectivity index (χ1) is 9.53. The lowest BCUT2D eigenvalue weighted by atomic mass is 9.77. The van der Waals surface area contributed by atoms with E-state index in [1.165, 1.54) is 0 Å². The first-order valence-corrected chi connectivity index (χ1v) is 7.51. The maximum absolute atomic E-state index is 9.68. The van der Waals surface area contributed by atoms with Crippen molar-refractivity contribution < 1.29 is 9.52 Å². The Morgan fingerprint density at radius 2 is 2.10 bits per heavy atom. The van der Waals surface area contributed by atoms with Crippen LogP contribution in [0, 0.1) is 0 Å². The predicted octanol–water partition coefficient (Wildman–Crippen LogP) is 3.46. The summed E-state index contributed by atoms with van der Waals surface area (Å²) in [6, 6.07) is 7.54. The molecule has 0 saturated heterocycles. The molecule has 20 heavy (non-hydrogen) atoms. The van der Waals surface area contributed by atoms with Crippen molar-refractivity contribution in [3.05, 3.63) is 36.1 Å². The number of benzene rings is 1. The van der Waals surface area contributed by atoms with Crippen LogP contribution in [0.5, 0.6) is 0 Å². The van der Waals surface area contributed by atoms with Gasteiger partial charge in [0.25, 0.3) is 0 Å². The molecule has 2 aromatic rings. The number of likely N-dealkylation sites (N-methyl/N-ethyl adjacent to an activating group) is 1. The minimum Gasteiger partial charge on any atom is -0.464 e. The molecule has 0 aliphatic carbocycles. The van der Waals surface area contributed by atoms with Gasteiger partial charge in [0.2, 0.25) is 0 Å². The molecule has 1 aromatic carbocycles. The fourth-order valence-electron chi connectivity index (χ4n) is 2.49. The Kier molecular flexibility index (Phi) is 4.97. The van der Waals surface area contributed by atoms with Gasteiger partial charge in [-0.05, 0) is 30.3 Å². The van der Waals surface area contributed by atoms with Gasteiger partial charge in [-0.2, -0.15) is 0 Å². The summed E-state index contributed by atoms with van der Waals surface area (Å²) >= 11 is 12.5. The lowest BCUT2D eigenvalue weighted by Crippen LogP contribution is -2.52. The molecule has 0 fully saturated rings. The third-order valence-corrected chi connectivity index (χ3v) is 4.79. The van der Waals surface area contributed by atoms with Gasteiger partial charge >= 0.3 is 0 Å². The molecule has 0 aliphatic heterocycles. The summed E-state index contributed by atoms with van der Waals surface area (Å²) in [4.78, 5) is -0.650. The fraction of sp³-hybridized carbons (Fsp3) is 0.467. The Bertz CT molecular complexity index is 570. The average Bonchev–Trinajstić information content (AvgIpc) is 2.90. The molecule has 2 rings (SSSR count). The summed E-state index contributed by atoms with van der Waals surface area (Å²) in [6.45, 7) is 4.64. The van der Waals surface area contributed by atoms with Crippen LogP contribution in [-0.2, 0) is 5.41 Å². The molecule has 3 nitrogen and oxygen atoms in total. The Morgan fingerprint density at radius 1 is 1.35 bits per heavy atom. The zero-order chi connectivity index (χ0) is 14.8. The third-order valence-electron chi connectivity index (χ3n) is 3.88. The van der Waals surface area contributed by atoms with Crippen LogP contribution in [0.3, 0.4) is 0 Å². The van der Waals surface area contributed by atoms with Gasteiger partial charge in [-0.15, -0.1) is 23.2 Å². The molecule has 0 saturated carbocycles. The number of furan rings is 1. The number of nitrogens with one attached hydrogen (secondary N) is 1. The molecule has 0 aliphatic rings. The molecule has 2 unspecified atom stereocenters. The van der Waals surface area contributed by atoms with Gasteiger partial charge in [0.15, 0.2) is 0 Å². The van der Waals surface area contributed by atoms with Crippen molar-refractivity contribution in [2.75, 3.05) is 13.2 Å². The molecule has 0 spiro atoms. The van der Waals surface area contributed by atoms with E-state index in [-0.39, 0.29) is 12.6 Å². The van der Waals surface area contributed by atoms with Gasteiger partial charge in [0.1, 0.15) is 10.4 Å². The van der Waals surface area contributed by atoms with E-state index < -0.39 is 10.3 Å². The van der Waals surface area contributed by atoms with E-state index >= 15 is 0 Å². The van der Waals surface area contributed by atoms with E-state index in [0.717, 1.165) is 23.1 Å². The number of hydrogen-bond acceptors (Lipinski definition) is 3. The number of alkyl halides is 2. The van der Waals surface area contributed by atoms with Crippen molar-refractivity contribution in [2.24, 2.45) is 0 Å². The van der Waals surface area contributed by atoms with Crippen molar-refractivity contribution in [3.8, 4) is 0 Å². The minimum absolute atomic E-state index is 0.0380. The van der Waals surface area contributed by atoms with Crippen LogP contribution in [0.25, 0.3) is 11.0 Å². The Balaban J connectivity index is 2.49. The first kappa shape index (κ1) is 15.6. The van der Waals surface area contributed by atoms with Crippen molar-refractivity contribution in [1.29, 1.82) is 0 Å². The van der Waals surface area contributed by atoms with E-state index in [4.69, 9.17) is 27.6 Å². The third kappa shape index (κ3) is 2.68. The van der Waals surface area contributed by atoms with Crippen molar-refractivity contribution >= 4 is 34.2 Å². The molecule has 110 valence electrons. The largest absolute Gasteiger partial charge is 0.464 e. The zero-order valence-electron chi connectivity index (χ0n) is 11.6. The van der Waals surface area contributed by atoms with Gasteiger partial charge in [-0.1, -0.05) is 19.9 Å². The van der Waals surface area contributed by atoms with Crippen LogP contribution in [0.4, 0.5) is 0 Å². The summed E-state index contributed by atoms with van der Waals surface area (Å²) in [5, 5.41) is 13.9. The highest BCUT2D eigenvalue weighted by atomic mass is 35.5. The number of hydrogen-bond donors (Lipinski definition) is 2. The zero-order valence-corrected chi connectivity index (χ0v) is 13.1. The molecular weight excluding hydrogens is 297 g/mol. The summed E-state index contributed by atoms with van der Waals surface area (Å²) in [6.07, 6.45) is 1.65. The molecule has 1 aromatic heterocycles. The SMILES string of the molecule is CCNC(CO)C(C)(c1ccc2occc2c1)C(Cl)Cl. The summed E-state index contributed by atoms with van der Waals surface area (Å²) < 4.78 is 5.35. The van der Waals surface area contributed by atoms with Gasteiger partial charge in [-0.3, -0.25) is 0 Å². The summed E-state index contributed by atoms with van der Waals surface area (Å²) in [7, 11) is 0. The molecule has 0 amide bonds. The van der Waals surface area contributed by atoms with E-state index in [0.29, 0.717) is 0 Å². The lowest BCUT2D eigenvalue weighted by molar-refractivity contribution is 0.190. The highest BCUT2D eigenvalue weighted by Gasteiger charge is 2.41. The topological polar surface area (TPSA) is 45.4 Å². The second kappa shape index (κ2) is 6.35. The number of fused-ring (bicyclic) bond motifs is 1. The molecule has 5 heteroatoms. The van der Waals surface area contributed by atoms with Crippen molar-refractivity contribution in [2.45, 2.75) is 30.1 Å². The monoisotopic (exact) mass is 315 g/mol. The highest BCUT2D eigenvalue weighted by Crippen LogP contribution is 2.38. The van der Waals surface area contributed by atoms with Gasteiger partial charge in [-0.25, -0.2) is 0 Å². The minimum atomic E-state index is -0.650.